The zero-order valence-corrected chi connectivity index (χ0v) is 21.1. The Labute approximate surface area is 240 Å². The average Bonchev–Trinajstić information content (AvgIpc) is 2.65. The summed E-state index contributed by atoms with van der Waals surface area (Å²) >= 11 is 0. The Morgan fingerprint density at radius 1 is 0.844 bits per heavy atom. The molecule has 0 aromatic carbocycles. The number of hydrogen-bond acceptors (Lipinski definition) is 6. The molecule has 0 saturated heterocycles. The molecular weight excluding hydrogens is 551 g/mol. The van der Waals surface area contributed by atoms with E-state index in [0.29, 0.717) is 0 Å². The van der Waals surface area contributed by atoms with Gasteiger partial charge in [-0.2, -0.15) is 8.42 Å². The molecule has 0 aliphatic carbocycles. The molecule has 12 heteroatoms. The summed E-state index contributed by atoms with van der Waals surface area (Å²) in [6.07, 6.45) is 6.74. The van der Waals surface area contributed by atoms with E-state index in [-0.39, 0.29) is 97.0 Å². The van der Waals surface area contributed by atoms with Crippen LogP contribution in [-0.2, 0) is 29.2 Å². The molecule has 0 amide bonds. The SMILES string of the molecule is CCCCC(CC)COC(=O)CC(C(=O)OCC(CC)CCCC)S(=O)(=O)O.Cl.Cl.[GeH4].[NaH]. The van der Waals surface area contributed by atoms with Crippen LogP contribution in [0.25, 0.3) is 0 Å². The molecule has 0 saturated carbocycles. The van der Waals surface area contributed by atoms with E-state index in [4.69, 9.17) is 9.47 Å². The first-order chi connectivity index (χ1) is 13.2. The molecule has 0 radical (unpaired) electrons. The van der Waals surface area contributed by atoms with Crippen LogP contribution in [0.3, 0.4) is 0 Å². The van der Waals surface area contributed by atoms with E-state index in [1.807, 2.05) is 13.8 Å². The number of rotatable bonds is 16. The molecule has 0 aromatic heterocycles. The van der Waals surface area contributed by atoms with Gasteiger partial charge >= 0.3 is 59.1 Å². The average molecular weight is 596 g/mol. The molecule has 0 heterocycles. The number of unbranched alkanes of at least 4 members (excludes halogenated alkanes) is 2. The molecule has 1 N–H and O–H groups in total. The number of carbonyl (C=O) groups is 2. The molecule has 7 nitrogen and oxygen atoms in total. The molecule has 3 atom stereocenters. The minimum absolute atomic E-state index is 0. The van der Waals surface area contributed by atoms with E-state index in [9.17, 15) is 22.6 Å². The van der Waals surface area contributed by atoms with Crippen LogP contribution < -0.4 is 0 Å². The summed E-state index contributed by atoms with van der Waals surface area (Å²) in [5.74, 6) is -1.61. The molecule has 0 spiro atoms. The zero-order valence-electron chi connectivity index (χ0n) is 18.6. The van der Waals surface area contributed by atoms with Gasteiger partial charge in [0.2, 0.25) is 0 Å². The Morgan fingerprint density at radius 2 is 1.25 bits per heavy atom. The third-order valence-corrected chi connectivity index (χ3v) is 6.08. The molecule has 0 aliphatic heterocycles. The van der Waals surface area contributed by atoms with Crippen molar-refractivity contribution in [2.45, 2.75) is 90.7 Å². The molecule has 0 bridgehead atoms. The summed E-state index contributed by atoms with van der Waals surface area (Å²) in [7, 11) is -4.76. The Morgan fingerprint density at radius 3 is 1.59 bits per heavy atom. The van der Waals surface area contributed by atoms with E-state index in [2.05, 4.69) is 13.8 Å². The summed E-state index contributed by atoms with van der Waals surface area (Å²) in [4.78, 5) is 24.2. The fourth-order valence-electron chi connectivity index (χ4n) is 2.82. The Hall–Kier alpha value is 0.973. The second kappa shape index (κ2) is 25.1. The second-order valence-electron chi connectivity index (χ2n) is 7.35. The van der Waals surface area contributed by atoms with Crippen molar-refractivity contribution in [1.82, 2.24) is 0 Å². The van der Waals surface area contributed by atoms with E-state index in [1.165, 1.54) is 0 Å². The Bertz CT molecular complexity index is 568. The standard InChI is InChI=1S/C20H38O7S.2ClH.GeH4.Na.H/c1-5-9-11-16(7-3)14-26-19(21)13-18(28(23,24)25)20(22)27-15-17(8-4)12-10-6-2;;;;;/h16-18H,5-15H2,1-4H3,(H,23,24,25);2*1H;1H4;;. The first kappa shape index (κ1) is 43.1. The quantitative estimate of drug-likeness (QED) is 0.166. The fraction of sp³-hybridized carbons (Fsp3) is 0.900. The van der Waals surface area contributed by atoms with Crippen LogP contribution >= 0.6 is 24.8 Å². The van der Waals surface area contributed by atoms with Crippen LogP contribution in [0.2, 0.25) is 0 Å². The number of carbonyl (C=O) groups excluding carboxylic acids is 2. The van der Waals surface area contributed by atoms with E-state index in [0.717, 1.165) is 51.4 Å². The van der Waals surface area contributed by atoms with Crippen molar-refractivity contribution in [2.24, 2.45) is 11.8 Å². The van der Waals surface area contributed by atoms with Crippen LogP contribution in [-0.4, -0.2) is 90.5 Å². The van der Waals surface area contributed by atoms with Gasteiger partial charge < -0.3 is 9.47 Å². The minimum atomic E-state index is -4.76. The molecular formula is C20H45Cl2GeNaO7S. The summed E-state index contributed by atoms with van der Waals surface area (Å²) in [5.41, 5.74) is 0. The molecule has 3 unspecified atom stereocenters. The number of ether oxygens (including phenoxy) is 2. The monoisotopic (exact) mass is 596 g/mol. The predicted molar refractivity (Wildman–Crippen MR) is 141 cm³/mol. The Balaban J connectivity index is -0.000000607. The first-order valence-corrected chi connectivity index (χ1v) is 12.0. The van der Waals surface area contributed by atoms with Crippen molar-refractivity contribution >= 4 is 94.0 Å². The summed E-state index contributed by atoms with van der Waals surface area (Å²) in [6.45, 7) is 8.35. The number of esters is 2. The van der Waals surface area contributed by atoms with Crippen molar-refractivity contribution in [1.29, 1.82) is 0 Å². The number of hydrogen-bond donors (Lipinski definition) is 1. The van der Waals surface area contributed by atoms with Crippen molar-refractivity contribution < 1.29 is 32.0 Å². The van der Waals surface area contributed by atoms with Crippen molar-refractivity contribution in [2.75, 3.05) is 13.2 Å². The molecule has 0 fully saturated rings. The maximum atomic E-state index is 12.2. The van der Waals surface area contributed by atoms with Gasteiger partial charge in [0.15, 0.2) is 5.25 Å². The molecule has 0 aromatic rings. The molecule has 0 rings (SSSR count). The van der Waals surface area contributed by atoms with Crippen LogP contribution in [0, 0.1) is 11.8 Å². The van der Waals surface area contributed by atoms with Gasteiger partial charge in [0, 0.05) is 0 Å². The number of halogens is 2. The third kappa shape index (κ3) is 20.4. The van der Waals surface area contributed by atoms with E-state index in [1.54, 1.807) is 0 Å². The van der Waals surface area contributed by atoms with Crippen LogP contribution in [0.5, 0.6) is 0 Å². The Kier molecular flexibility index (Phi) is 33.8. The fourth-order valence-corrected chi connectivity index (χ4v) is 3.48. The van der Waals surface area contributed by atoms with Crippen LogP contribution in [0.15, 0.2) is 0 Å². The summed E-state index contributed by atoms with van der Waals surface area (Å²) in [5, 5.41) is -1.95. The maximum absolute atomic E-state index is 12.2. The topological polar surface area (TPSA) is 107 Å². The normalized spacial score (nSPS) is 13.0. The zero-order chi connectivity index (χ0) is 21.6. The van der Waals surface area contributed by atoms with Gasteiger partial charge in [0.25, 0.3) is 10.1 Å². The second-order valence-corrected chi connectivity index (χ2v) is 8.95. The van der Waals surface area contributed by atoms with E-state index < -0.39 is 33.7 Å². The van der Waals surface area contributed by atoms with Gasteiger partial charge in [-0.25, -0.2) is 0 Å². The van der Waals surface area contributed by atoms with Crippen LogP contribution in [0.1, 0.15) is 85.5 Å². The molecule has 0 aliphatic rings. The molecule has 192 valence electrons. The van der Waals surface area contributed by atoms with Gasteiger partial charge in [-0.1, -0.05) is 66.2 Å². The summed E-state index contributed by atoms with van der Waals surface area (Å²) < 4.78 is 42.8. The predicted octanol–water partition coefficient (Wildman–Crippen LogP) is 2.90. The van der Waals surface area contributed by atoms with Gasteiger partial charge in [0.05, 0.1) is 19.6 Å². The van der Waals surface area contributed by atoms with Crippen molar-refractivity contribution in [3.05, 3.63) is 0 Å². The van der Waals surface area contributed by atoms with Gasteiger partial charge in [-0.05, 0) is 24.7 Å². The first-order valence-electron chi connectivity index (χ1n) is 10.5. The van der Waals surface area contributed by atoms with Gasteiger partial charge in [0.1, 0.15) is 0 Å². The van der Waals surface area contributed by atoms with Crippen molar-refractivity contribution in [3.8, 4) is 0 Å². The van der Waals surface area contributed by atoms with Gasteiger partial charge in [-0.15, -0.1) is 24.8 Å². The van der Waals surface area contributed by atoms with Crippen LogP contribution in [0.4, 0.5) is 0 Å². The third-order valence-electron chi connectivity index (χ3n) is 5.00. The summed E-state index contributed by atoms with van der Waals surface area (Å²) in [6, 6.07) is 0. The van der Waals surface area contributed by atoms with Crippen molar-refractivity contribution in [3.63, 3.8) is 0 Å². The van der Waals surface area contributed by atoms with Gasteiger partial charge in [-0.3, -0.25) is 14.1 Å². The van der Waals surface area contributed by atoms with E-state index >= 15 is 0 Å². The molecule has 32 heavy (non-hydrogen) atoms.